The molecular weight excluding hydrogens is 358 g/mol. The molecule has 1 aliphatic rings. The first kappa shape index (κ1) is 19.6. The predicted molar refractivity (Wildman–Crippen MR) is 104 cm³/mol. The number of carbonyl (C=O) groups excluding carboxylic acids is 3. The van der Waals surface area contributed by atoms with Crippen molar-refractivity contribution < 1.29 is 14.4 Å². The molecule has 148 valence electrons. The van der Waals surface area contributed by atoms with Gasteiger partial charge >= 0.3 is 6.03 Å². The number of likely N-dealkylation sites (N-methyl/N-ethyl adjacent to an activating group) is 1. The molecule has 0 unspecified atom stereocenters. The van der Waals surface area contributed by atoms with Gasteiger partial charge in [-0.1, -0.05) is 36.8 Å². The standard InChI is InChI=1S/C20H25N5O3/c1-24(19(27)14-25-18(26)13-21-20(25)28)11-7-3-6-10-16-12-17(23-22-16)15-8-4-2-5-9-15/h2,4-5,8-9,12H,3,6-7,10-11,13-14H2,1H3,(H,21,28)(H,22,23). The minimum absolute atomic E-state index is 0.0323. The van der Waals surface area contributed by atoms with Gasteiger partial charge in [-0.15, -0.1) is 0 Å². The van der Waals surface area contributed by atoms with E-state index >= 15 is 0 Å². The molecular formula is C20H25N5O3. The van der Waals surface area contributed by atoms with E-state index in [4.69, 9.17) is 0 Å². The maximum absolute atomic E-state index is 12.2. The average Bonchev–Trinajstić information content (AvgIpc) is 3.30. The summed E-state index contributed by atoms with van der Waals surface area (Å²) in [4.78, 5) is 37.7. The summed E-state index contributed by atoms with van der Waals surface area (Å²) in [5.41, 5.74) is 3.14. The molecule has 2 N–H and O–H groups in total. The van der Waals surface area contributed by atoms with Crippen LogP contribution in [0.15, 0.2) is 36.4 Å². The van der Waals surface area contributed by atoms with Crippen LogP contribution in [0.1, 0.15) is 25.0 Å². The summed E-state index contributed by atoms with van der Waals surface area (Å²) < 4.78 is 0. The Kier molecular flexibility index (Phi) is 6.41. The number of unbranched alkanes of at least 4 members (excludes halogenated alkanes) is 2. The molecule has 1 aliphatic heterocycles. The fourth-order valence-electron chi connectivity index (χ4n) is 3.08. The Bertz CT molecular complexity index is 817. The van der Waals surface area contributed by atoms with Crippen molar-refractivity contribution in [1.82, 2.24) is 25.3 Å². The number of aromatic amines is 1. The molecule has 0 saturated carbocycles. The number of H-pyrrole nitrogens is 1. The molecule has 2 aromatic rings. The molecule has 0 spiro atoms. The van der Waals surface area contributed by atoms with Gasteiger partial charge in [0.05, 0.1) is 12.2 Å². The minimum Gasteiger partial charge on any atom is -0.344 e. The Balaban J connectivity index is 1.34. The van der Waals surface area contributed by atoms with E-state index in [1.165, 1.54) is 0 Å². The van der Waals surface area contributed by atoms with Crippen molar-refractivity contribution in [3.05, 3.63) is 42.1 Å². The predicted octanol–water partition coefficient (Wildman–Crippen LogP) is 1.80. The number of aryl methyl sites for hydroxylation is 1. The van der Waals surface area contributed by atoms with Gasteiger partial charge in [-0.25, -0.2) is 4.79 Å². The number of aromatic nitrogens is 2. The molecule has 1 aromatic heterocycles. The van der Waals surface area contributed by atoms with Gasteiger partial charge in [0.2, 0.25) is 5.91 Å². The quantitative estimate of drug-likeness (QED) is 0.509. The number of benzene rings is 1. The normalized spacial score (nSPS) is 13.7. The van der Waals surface area contributed by atoms with Gasteiger partial charge in [0.1, 0.15) is 6.54 Å². The first-order chi connectivity index (χ1) is 13.5. The van der Waals surface area contributed by atoms with Crippen molar-refractivity contribution in [3.63, 3.8) is 0 Å². The second kappa shape index (κ2) is 9.16. The lowest BCUT2D eigenvalue weighted by molar-refractivity contribution is -0.135. The number of imide groups is 1. The Morgan fingerprint density at radius 3 is 2.68 bits per heavy atom. The van der Waals surface area contributed by atoms with E-state index in [9.17, 15) is 14.4 Å². The molecule has 4 amide bonds. The van der Waals surface area contributed by atoms with Gasteiger partial charge in [-0.2, -0.15) is 5.10 Å². The van der Waals surface area contributed by atoms with E-state index in [1.807, 2.05) is 30.3 Å². The molecule has 28 heavy (non-hydrogen) atoms. The largest absolute Gasteiger partial charge is 0.344 e. The fourth-order valence-corrected chi connectivity index (χ4v) is 3.08. The molecule has 0 radical (unpaired) electrons. The van der Waals surface area contributed by atoms with Crippen LogP contribution >= 0.6 is 0 Å². The summed E-state index contributed by atoms with van der Waals surface area (Å²) in [5.74, 6) is -0.590. The van der Waals surface area contributed by atoms with Crippen LogP contribution in [0, 0.1) is 0 Å². The van der Waals surface area contributed by atoms with E-state index in [-0.39, 0.29) is 24.9 Å². The Labute approximate surface area is 163 Å². The summed E-state index contributed by atoms with van der Waals surface area (Å²) in [6, 6.07) is 11.6. The number of urea groups is 1. The summed E-state index contributed by atoms with van der Waals surface area (Å²) in [7, 11) is 1.70. The van der Waals surface area contributed by atoms with Crippen molar-refractivity contribution >= 4 is 17.8 Å². The van der Waals surface area contributed by atoms with E-state index in [0.29, 0.717) is 6.54 Å². The van der Waals surface area contributed by atoms with Crippen LogP contribution in [0.4, 0.5) is 4.79 Å². The van der Waals surface area contributed by atoms with Crippen LogP contribution in [0.2, 0.25) is 0 Å². The highest BCUT2D eigenvalue weighted by Crippen LogP contribution is 2.17. The maximum atomic E-state index is 12.2. The first-order valence-electron chi connectivity index (χ1n) is 9.46. The van der Waals surface area contributed by atoms with Crippen LogP contribution in [0.3, 0.4) is 0 Å². The van der Waals surface area contributed by atoms with Gasteiger partial charge in [0, 0.05) is 24.8 Å². The van der Waals surface area contributed by atoms with Crippen molar-refractivity contribution in [2.45, 2.75) is 25.7 Å². The van der Waals surface area contributed by atoms with Crippen molar-refractivity contribution in [2.24, 2.45) is 0 Å². The fraction of sp³-hybridized carbons (Fsp3) is 0.400. The summed E-state index contributed by atoms with van der Waals surface area (Å²) >= 11 is 0. The van der Waals surface area contributed by atoms with E-state index in [0.717, 1.165) is 47.5 Å². The minimum atomic E-state index is -0.499. The van der Waals surface area contributed by atoms with E-state index < -0.39 is 6.03 Å². The monoisotopic (exact) mass is 383 g/mol. The molecule has 0 atom stereocenters. The number of amides is 4. The summed E-state index contributed by atoms with van der Waals surface area (Å²) in [6.45, 7) is 0.369. The highest BCUT2D eigenvalue weighted by Gasteiger charge is 2.30. The van der Waals surface area contributed by atoms with Crippen molar-refractivity contribution in [1.29, 1.82) is 0 Å². The molecule has 2 heterocycles. The molecule has 1 aromatic carbocycles. The van der Waals surface area contributed by atoms with E-state index in [1.54, 1.807) is 11.9 Å². The topological polar surface area (TPSA) is 98.4 Å². The zero-order valence-corrected chi connectivity index (χ0v) is 16.0. The lowest BCUT2D eigenvalue weighted by Gasteiger charge is -2.20. The SMILES string of the molecule is CN(CCCCCc1cc(-c2ccccc2)n[nH]1)C(=O)CN1C(=O)CNC1=O. The number of nitrogens with zero attached hydrogens (tertiary/aromatic N) is 3. The molecule has 3 rings (SSSR count). The lowest BCUT2D eigenvalue weighted by atomic mass is 10.1. The molecule has 0 aliphatic carbocycles. The van der Waals surface area contributed by atoms with Crippen LogP contribution < -0.4 is 5.32 Å². The number of carbonyl (C=O) groups is 3. The third-order valence-electron chi connectivity index (χ3n) is 4.80. The number of rotatable bonds is 9. The molecule has 8 nitrogen and oxygen atoms in total. The second-order valence-electron chi connectivity index (χ2n) is 6.91. The Morgan fingerprint density at radius 1 is 1.18 bits per heavy atom. The third kappa shape index (κ3) is 4.97. The van der Waals surface area contributed by atoms with Crippen LogP contribution in [-0.2, 0) is 16.0 Å². The molecule has 0 bridgehead atoms. The van der Waals surface area contributed by atoms with Crippen molar-refractivity contribution in [3.8, 4) is 11.3 Å². The molecule has 1 saturated heterocycles. The van der Waals surface area contributed by atoms with Crippen LogP contribution in [-0.4, -0.2) is 64.5 Å². The highest BCUT2D eigenvalue weighted by molar-refractivity contribution is 6.04. The zero-order chi connectivity index (χ0) is 19.9. The Hall–Kier alpha value is -3.16. The van der Waals surface area contributed by atoms with Gasteiger partial charge in [0.15, 0.2) is 0 Å². The zero-order valence-electron chi connectivity index (χ0n) is 16.0. The van der Waals surface area contributed by atoms with E-state index in [2.05, 4.69) is 21.6 Å². The van der Waals surface area contributed by atoms with Gasteiger partial charge < -0.3 is 10.2 Å². The Morgan fingerprint density at radius 2 is 1.96 bits per heavy atom. The van der Waals surface area contributed by atoms with Crippen molar-refractivity contribution in [2.75, 3.05) is 26.7 Å². The molecule has 8 heteroatoms. The summed E-state index contributed by atoms with van der Waals surface area (Å²) in [5, 5.41) is 9.85. The smallest absolute Gasteiger partial charge is 0.325 e. The highest BCUT2D eigenvalue weighted by atomic mass is 16.2. The molecule has 1 fully saturated rings. The number of hydrogen-bond donors (Lipinski definition) is 2. The number of nitrogens with one attached hydrogen (secondary N) is 2. The van der Waals surface area contributed by atoms with Gasteiger partial charge in [-0.3, -0.25) is 19.6 Å². The number of hydrogen-bond acceptors (Lipinski definition) is 4. The third-order valence-corrected chi connectivity index (χ3v) is 4.80. The van der Waals surface area contributed by atoms with Gasteiger partial charge in [0.25, 0.3) is 5.91 Å². The lowest BCUT2D eigenvalue weighted by Crippen LogP contribution is -2.41. The first-order valence-corrected chi connectivity index (χ1v) is 9.46. The van der Waals surface area contributed by atoms with Gasteiger partial charge in [-0.05, 0) is 25.3 Å². The maximum Gasteiger partial charge on any atom is 0.325 e. The van der Waals surface area contributed by atoms with Crippen LogP contribution in [0.5, 0.6) is 0 Å². The average molecular weight is 383 g/mol. The second-order valence-corrected chi connectivity index (χ2v) is 6.91. The van der Waals surface area contributed by atoms with Crippen LogP contribution in [0.25, 0.3) is 11.3 Å². The summed E-state index contributed by atoms with van der Waals surface area (Å²) in [6.07, 6.45) is 3.73.